The largest absolute Gasteiger partial charge is 0.489 e. The Morgan fingerprint density at radius 2 is 2.00 bits per heavy atom. The van der Waals surface area contributed by atoms with Gasteiger partial charge in [0.05, 0.1) is 12.3 Å². The SMILES string of the molecule is CC(C)Oc1cnc2c(c1)C(C1=CCC(NC(C(=O)NCC(F)(F)F)C(C)C)=CN=C1)=CCN2. The molecule has 0 bridgehead atoms. The number of fused-ring (bicyclic) bond motifs is 1. The Hall–Kier alpha value is -3.30. The molecule has 0 fully saturated rings. The minimum atomic E-state index is -4.46. The van der Waals surface area contributed by atoms with Crippen LogP contribution in [0, 0.1) is 5.92 Å². The van der Waals surface area contributed by atoms with Crippen molar-refractivity contribution in [2.24, 2.45) is 10.9 Å². The van der Waals surface area contributed by atoms with Crippen molar-refractivity contribution >= 4 is 23.5 Å². The minimum Gasteiger partial charge on any atom is -0.489 e. The third kappa shape index (κ3) is 6.85. The summed E-state index contributed by atoms with van der Waals surface area (Å²) in [5, 5.41) is 8.27. The molecule has 3 N–H and O–H groups in total. The molecule has 1 aromatic rings. The summed E-state index contributed by atoms with van der Waals surface area (Å²) in [6.07, 6.45) is 4.99. The van der Waals surface area contributed by atoms with Crippen LogP contribution in [0.1, 0.15) is 39.7 Å². The van der Waals surface area contributed by atoms with Gasteiger partial charge in [-0.1, -0.05) is 26.0 Å². The van der Waals surface area contributed by atoms with E-state index in [9.17, 15) is 18.0 Å². The Balaban J connectivity index is 1.74. The standard InChI is InChI=1S/C24H30F3N5O2/c1-14(2)21(23(33)31-13-24(25,26)27)32-17-6-5-16(10-28-11-17)19-7-8-29-22-20(19)9-18(12-30-22)34-15(3)4/h5,7,9-12,14-15,21,32H,6,8,13H2,1-4H3,(H,29,30)(H,31,33). The highest BCUT2D eigenvalue weighted by atomic mass is 19.4. The molecule has 0 saturated carbocycles. The summed E-state index contributed by atoms with van der Waals surface area (Å²) in [5.41, 5.74) is 3.36. The summed E-state index contributed by atoms with van der Waals surface area (Å²) >= 11 is 0. The number of hydrogen-bond donors (Lipinski definition) is 3. The minimum absolute atomic E-state index is 0.0163. The number of carbonyl (C=O) groups excluding carboxylic acids is 1. The van der Waals surface area contributed by atoms with E-state index in [4.69, 9.17) is 4.74 Å². The molecule has 1 atom stereocenters. The second kappa shape index (κ2) is 10.8. The summed E-state index contributed by atoms with van der Waals surface area (Å²) in [4.78, 5) is 21.2. The fraction of sp³-hybridized carbons (Fsp3) is 0.458. The number of aliphatic imine (C=N–C) groups is 1. The molecular weight excluding hydrogens is 447 g/mol. The summed E-state index contributed by atoms with van der Waals surface area (Å²) in [7, 11) is 0. The third-order valence-corrected chi connectivity index (χ3v) is 5.15. The number of ether oxygens (including phenoxy) is 1. The van der Waals surface area contributed by atoms with Crippen LogP contribution in [0.4, 0.5) is 19.0 Å². The van der Waals surface area contributed by atoms with Gasteiger partial charge in [0.1, 0.15) is 24.2 Å². The van der Waals surface area contributed by atoms with Gasteiger partial charge in [0.25, 0.3) is 0 Å². The lowest BCUT2D eigenvalue weighted by molar-refractivity contribution is -0.140. The van der Waals surface area contributed by atoms with Crippen LogP contribution >= 0.6 is 0 Å². The van der Waals surface area contributed by atoms with Crippen molar-refractivity contribution in [1.82, 2.24) is 15.6 Å². The number of aromatic nitrogens is 1. The van der Waals surface area contributed by atoms with Crippen molar-refractivity contribution in [1.29, 1.82) is 0 Å². The predicted molar refractivity (Wildman–Crippen MR) is 127 cm³/mol. The first-order chi connectivity index (χ1) is 16.0. The number of anilines is 1. The van der Waals surface area contributed by atoms with Gasteiger partial charge in [0.15, 0.2) is 0 Å². The monoisotopic (exact) mass is 477 g/mol. The Morgan fingerprint density at radius 3 is 2.68 bits per heavy atom. The molecule has 2 aliphatic rings. The molecular formula is C24H30F3N5O2. The number of pyridine rings is 1. The summed E-state index contributed by atoms with van der Waals surface area (Å²) in [6, 6.07) is 1.12. The van der Waals surface area contributed by atoms with Crippen LogP contribution in [-0.4, -0.2) is 48.5 Å². The molecule has 0 radical (unpaired) electrons. The molecule has 0 spiro atoms. The highest BCUT2D eigenvalue weighted by Gasteiger charge is 2.31. The normalized spacial score (nSPS) is 16.6. The number of hydrogen-bond acceptors (Lipinski definition) is 6. The van der Waals surface area contributed by atoms with Crippen molar-refractivity contribution < 1.29 is 22.7 Å². The summed E-state index contributed by atoms with van der Waals surface area (Å²) in [6.45, 7) is 6.68. The molecule has 1 amide bonds. The van der Waals surface area contributed by atoms with Crippen LogP contribution < -0.4 is 20.7 Å². The van der Waals surface area contributed by atoms with Crippen LogP contribution in [0.5, 0.6) is 5.75 Å². The zero-order chi connectivity index (χ0) is 24.9. The fourth-order valence-corrected chi connectivity index (χ4v) is 3.60. The van der Waals surface area contributed by atoms with E-state index in [-0.39, 0.29) is 12.0 Å². The second-order valence-electron chi connectivity index (χ2n) is 8.73. The van der Waals surface area contributed by atoms with Crippen LogP contribution in [-0.2, 0) is 4.79 Å². The zero-order valence-corrected chi connectivity index (χ0v) is 19.7. The van der Waals surface area contributed by atoms with Crippen molar-refractivity contribution in [3.05, 3.63) is 47.4 Å². The lowest BCUT2D eigenvalue weighted by Crippen LogP contribution is -2.49. The molecule has 10 heteroatoms. The summed E-state index contributed by atoms with van der Waals surface area (Å²) in [5.74, 6) is 0.484. The van der Waals surface area contributed by atoms with Gasteiger partial charge in [0.2, 0.25) is 5.91 Å². The topological polar surface area (TPSA) is 87.6 Å². The van der Waals surface area contributed by atoms with Crippen LogP contribution in [0.25, 0.3) is 5.57 Å². The summed E-state index contributed by atoms with van der Waals surface area (Å²) < 4.78 is 43.3. The van der Waals surface area contributed by atoms with E-state index in [1.165, 1.54) is 0 Å². The molecule has 2 aliphatic heterocycles. The van der Waals surface area contributed by atoms with Crippen molar-refractivity contribution in [3.8, 4) is 5.75 Å². The fourth-order valence-electron chi connectivity index (χ4n) is 3.60. The Morgan fingerprint density at radius 1 is 1.24 bits per heavy atom. The number of allylic oxidation sites excluding steroid dienone is 3. The van der Waals surface area contributed by atoms with Gasteiger partial charge in [-0.3, -0.25) is 9.79 Å². The van der Waals surface area contributed by atoms with Gasteiger partial charge in [-0.15, -0.1) is 0 Å². The molecule has 0 saturated heterocycles. The molecule has 1 unspecified atom stereocenters. The smallest absolute Gasteiger partial charge is 0.405 e. The van der Waals surface area contributed by atoms with E-state index in [1.807, 2.05) is 37.4 Å². The number of alkyl halides is 3. The average Bonchev–Trinajstić information content (AvgIpc) is 2.99. The van der Waals surface area contributed by atoms with Crippen molar-refractivity contribution in [2.75, 3.05) is 18.4 Å². The Labute approximate surface area is 197 Å². The molecule has 0 aliphatic carbocycles. The van der Waals surface area contributed by atoms with Gasteiger partial charge >= 0.3 is 6.18 Å². The Bertz CT molecular complexity index is 1030. The maximum absolute atomic E-state index is 12.5. The van der Waals surface area contributed by atoms with E-state index < -0.39 is 24.7 Å². The maximum Gasteiger partial charge on any atom is 0.405 e. The van der Waals surface area contributed by atoms with Gasteiger partial charge < -0.3 is 20.7 Å². The number of carbonyl (C=O) groups is 1. The molecule has 34 heavy (non-hydrogen) atoms. The maximum atomic E-state index is 12.5. The third-order valence-electron chi connectivity index (χ3n) is 5.15. The number of nitrogens with one attached hydrogen (secondary N) is 3. The van der Waals surface area contributed by atoms with Crippen LogP contribution in [0.3, 0.4) is 0 Å². The van der Waals surface area contributed by atoms with E-state index in [1.54, 1.807) is 32.5 Å². The highest BCUT2D eigenvalue weighted by Crippen LogP contribution is 2.34. The first-order valence-corrected chi connectivity index (χ1v) is 11.2. The number of rotatable bonds is 8. The van der Waals surface area contributed by atoms with Crippen LogP contribution in [0.15, 0.2) is 46.9 Å². The Kier molecular flexibility index (Phi) is 8.01. The van der Waals surface area contributed by atoms with Crippen molar-refractivity contribution in [3.63, 3.8) is 0 Å². The van der Waals surface area contributed by atoms with E-state index >= 15 is 0 Å². The van der Waals surface area contributed by atoms with Gasteiger partial charge in [-0.25, -0.2) is 4.98 Å². The molecule has 7 nitrogen and oxygen atoms in total. The molecule has 3 heterocycles. The quantitative estimate of drug-likeness (QED) is 0.522. The number of halogens is 3. The average molecular weight is 478 g/mol. The van der Waals surface area contributed by atoms with Gasteiger partial charge in [0, 0.05) is 36.6 Å². The van der Waals surface area contributed by atoms with E-state index in [0.717, 1.165) is 22.5 Å². The molecule has 0 aromatic carbocycles. The molecule has 3 rings (SSSR count). The van der Waals surface area contributed by atoms with Crippen LogP contribution in [0.2, 0.25) is 0 Å². The molecule has 184 valence electrons. The highest BCUT2D eigenvalue weighted by molar-refractivity contribution is 6.04. The first kappa shape index (κ1) is 25.3. The number of nitrogens with zero attached hydrogens (tertiary/aromatic N) is 2. The molecule has 1 aromatic heterocycles. The lowest BCUT2D eigenvalue weighted by Gasteiger charge is -2.24. The predicted octanol–water partition coefficient (Wildman–Crippen LogP) is 4.21. The van der Waals surface area contributed by atoms with Gasteiger partial charge in [-0.05, 0) is 37.0 Å². The second-order valence-corrected chi connectivity index (χ2v) is 8.73. The van der Waals surface area contributed by atoms with Gasteiger partial charge in [-0.2, -0.15) is 13.2 Å². The van der Waals surface area contributed by atoms with Crippen molar-refractivity contribution in [2.45, 2.75) is 52.4 Å². The number of amides is 1. The van der Waals surface area contributed by atoms with E-state index in [0.29, 0.717) is 24.4 Å². The zero-order valence-electron chi connectivity index (χ0n) is 19.7. The first-order valence-electron chi connectivity index (χ1n) is 11.2. The van der Waals surface area contributed by atoms with E-state index in [2.05, 4.69) is 20.6 Å². The lowest BCUT2D eigenvalue weighted by atomic mass is 9.95.